The van der Waals surface area contributed by atoms with Crippen LogP contribution in [0.2, 0.25) is 0 Å². The van der Waals surface area contributed by atoms with Crippen molar-refractivity contribution in [3.8, 4) is 23.0 Å². The molecule has 0 heterocycles. The minimum Gasteiger partial charge on any atom is -0.497 e. The van der Waals surface area contributed by atoms with E-state index in [-0.39, 0.29) is 0 Å². The topological polar surface area (TPSA) is 60.8 Å². The van der Waals surface area contributed by atoms with Gasteiger partial charge in [0.1, 0.15) is 11.5 Å². The third-order valence-electron chi connectivity index (χ3n) is 3.61. The minimum absolute atomic E-state index is 0.626. The molecule has 0 radical (unpaired) electrons. The van der Waals surface area contributed by atoms with Crippen LogP contribution in [0.1, 0.15) is 11.1 Å². The SMILES string of the molecule is COc1cc(OC)cc(/C(=C\C=N)c2ccc(OC)c(OC)c2)c1. The summed E-state index contributed by atoms with van der Waals surface area (Å²) in [6.45, 7) is 0. The average molecular weight is 327 g/mol. The van der Waals surface area contributed by atoms with Crippen molar-refractivity contribution in [2.45, 2.75) is 0 Å². The van der Waals surface area contributed by atoms with Crippen LogP contribution in [-0.2, 0) is 0 Å². The lowest BCUT2D eigenvalue weighted by Crippen LogP contribution is -1.96. The second-order valence-corrected chi connectivity index (χ2v) is 4.92. The summed E-state index contributed by atoms with van der Waals surface area (Å²) in [6, 6.07) is 11.2. The van der Waals surface area contributed by atoms with Gasteiger partial charge in [0.25, 0.3) is 0 Å². The zero-order valence-corrected chi connectivity index (χ0v) is 14.3. The Kier molecular flexibility index (Phi) is 5.84. The fourth-order valence-corrected chi connectivity index (χ4v) is 2.41. The maximum absolute atomic E-state index is 7.49. The molecule has 0 aliphatic carbocycles. The number of allylic oxidation sites excluding steroid dienone is 1. The normalized spacial score (nSPS) is 10.9. The average Bonchev–Trinajstić information content (AvgIpc) is 2.64. The Balaban J connectivity index is 2.59. The van der Waals surface area contributed by atoms with Crippen molar-refractivity contribution >= 4 is 11.8 Å². The van der Waals surface area contributed by atoms with E-state index < -0.39 is 0 Å². The second kappa shape index (κ2) is 8.06. The van der Waals surface area contributed by atoms with Crippen molar-refractivity contribution in [3.63, 3.8) is 0 Å². The van der Waals surface area contributed by atoms with Crippen LogP contribution >= 0.6 is 0 Å². The number of hydrogen-bond acceptors (Lipinski definition) is 5. The van der Waals surface area contributed by atoms with Gasteiger partial charge in [0.05, 0.1) is 28.4 Å². The first-order valence-electron chi connectivity index (χ1n) is 7.33. The van der Waals surface area contributed by atoms with Gasteiger partial charge >= 0.3 is 0 Å². The van der Waals surface area contributed by atoms with E-state index in [1.807, 2.05) is 30.3 Å². The molecule has 126 valence electrons. The predicted octanol–water partition coefficient (Wildman–Crippen LogP) is 3.80. The number of ether oxygens (including phenoxy) is 4. The first-order chi connectivity index (χ1) is 11.7. The molecule has 0 unspecified atom stereocenters. The molecule has 0 aliphatic rings. The third kappa shape index (κ3) is 3.68. The summed E-state index contributed by atoms with van der Waals surface area (Å²) in [5.41, 5.74) is 2.62. The molecule has 0 bridgehead atoms. The van der Waals surface area contributed by atoms with E-state index >= 15 is 0 Å². The lowest BCUT2D eigenvalue weighted by Gasteiger charge is -2.14. The molecule has 2 aromatic rings. The van der Waals surface area contributed by atoms with Crippen molar-refractivity contribution in [2.75, 3.05) is 28.4 Å². The van der Waals surface area contributed by atoms with E-state index in [2.05, 4.69) is 0 Å². The van der Waals surface area contributed by atoms with Crippen molar-refractivity contribution < 1.29 is 18.9 Å². The van der Waals surface area contributed by atoms with E-state index in [0.29, 0.717) is 23.0 Å². The van der Waals surface area contributed by atoms with Crippen LogP contribution in [0.25, 0.3) is 5.57 Å². The summed E-state index contributed by atoms with van der Waals surface area (Å²) in [4.78, 5) is 0. The molecular formula is C19H21NO4. The van der Waals surface area contributed by atoms with Gasteiger partial charge in [-0.3, -0.25) is 0 Å². The highest BCUT2D eigenvalue weighted by molar-refractivity contribution is 5.91. The third-order valence-corrected chi connectivity index (χ3v) is 3.61. The highest BCUT2D eigenvalue weighted by Crippen LogP contribution is 2.35. The molecule has 0 spiro atoms. The Hall–Kier alpha value is -2.95. The summed E-state index contributed by atoms with van der Waals surface area (Å²) < 4.78 is 21.3. The van der Waals surface area contributed by atoms with E-state index in [1.165, 1.54) is 6.21 Å². The van der Waals surface area contributed by atoms with Crippen LogP contribution < -0.4 is 18.9 Å². The molecule has 0 atom stereocenters. The molecular weight excluding hydrogens is 306 g/mol. The van der Waals surface area contributed by atoms with Crippen LogP contribution in [0, 0.1) is 5.41 Å². The molecule has 0 saturated carbocycles. The molecule has 5 heteroatoms. The quantitative estimate of drug-likeness (QED) is 0.786. The van der Waals surface area contributed by atoms with Gasteiger partial charge in [-0.25, -0.2) is 0 Å². The molecule has 0 amide bonds. The van der Waals surface area contributed by atoms with Gasteiger partial charge in [0.15, 0.2) is 11.5 Å². The Morgan fingerprint density at radius 1 is 0.750 bits per heavy atom. The molecule has 1 N–H and O–H groups in total. The first kappa shape index (κ1) is 17.4. The van der Waals surface area contributed by atoms with Crippen LogP contribution in [-0.4, -0.2) is 34.7 Å². The van der Waals surface area contributed by atoms with Crippen LogP contribution in [0.15, 0.2) is 42.5 Å². The number of nitrogens with one attached hydrogen (secondary N) is 1. The summed E-state index contributed by atoms with van der Waals surface area (Å²) in [5.74, 6) is 2.64. The summed E-state index contributed by atoms with van der Waals surface area (Å²) >= 11 is 0. The van der Waals surface area contributed by atoms with Gasteiger partial charge < -0.3 is 24.4 Å². The Morgan fingerprint density at radius 2 is 1.38 bits per heavy atom. The molecule has 0 aliphatic heterocycles. The Labute approximate surface area is 141 Å². The monoisotopic (exact) mass is 327 g/mol. The van der Waals surface area contributed by atoms with Crippen molar-refractivity contribution in [2.24, 2.45) is 0 Å². The maximum Gasteiger partial charge on any atom is 0.161 e. The molecule has 2 aromatic carbocycles. The van der Waals surface area contributed by atoms with Gasteiger partial charge in [-0.15, -0.1) is 0 Å². The Morgan fingerprint density at radius 3 is 1.88 bits per heavy atom. The first-order valence-corrected chi connectivity index (χ1v) is 7.33. The highest BCUT2D eigenvalue weighted by Gasteiger charge is 2.12. The lowest BCUT2D eigenvalue weighted by molar-refractivity contribution is 0.355. The summed E-state index contributed by atoms with van der Waals surface area (Å²) in [6.07, 6.45) is 2.97. The number of hydrogen-bond donors (Lipinski definition) is 1. The van der Waals surface area contributed by atoms with E-state index in [0.717, 1.165) is 16.7 Å². The number of benzene rings is 2. The lowest BCUT2D eigenvalue weighted by atomic mass is 9.96. The van der Waals surface area contributed by atoms with E-state index in [9.17, 15) is 0 Å². The highest BCUT2D eigenvalue weighted by atomic mass is 16.5. The Bertz CT molecular complexity index is 731. The standard InChI is InChI=1S/C19H21NO4/c1-21-15-9-14(10-16(12-15)22-2)17(7-8-20)13-5-6-18(23-3)19(11-13)24-4/h5-12,20H,1-4H3/b17-7-,20-8?. The van der Waals surface area contributed by atoms with Gasteiger partial charge in [0, 0.05) is 12.3 Å². The van der Waals surface area contributed by atoms with Crippen molar-refractivity contribution in [1.82, 2.24) is 0 Å². The molecule has 2 rings (SSSR count). The zero-order chi connectivity index (χ0) is 17.5. The maximum atomic E-state index is 7.49. The van der Waals surface area contributed by atoms with Gasteiger partial charge in [-0.1, -0.05) is 6.07 Å². The van der Waals surface area contributed by atoms with E-state index in [1.54, 1.807) is 40.6 Å². The fraction of sp³-hybridized carbons (Fsp3) is 0.211. The predicted molar refractivity (Wildman–Crippen MR) is 95.0 cm³/mol. The van der Waals surface area contributed by atoms with Gasteiger partial charge in [0.2, 0.25) is 0 Å². The largest absolute Gasteiger partial charge is 0.497 e. The van der Waals surface area contributed by atoms with Gasteiger partial charge in [-0.05, 0) is 47.0 Å². The summed E-state index contributed by atoms with van der Waals surface area (Å²) in [7, 11) is 6.40. The number of methoxy groups -OCH3 is 4. The van der Waals surface area contributed by atoms with Crippen molar-refractivity contribution in [3.05, 3.63) is 53.6 Å². The van der Waals surface area contributed by atoms with Crippen molar-refractivity contribution in [1.29, 1.82) is 5.41 Å². The fourth-order valence-electron chi connectivity index (χ4n) is 2.41. The zero-order valence-electron chi connectivity index (χ0n) is 14.3. The van der Waals surface area contributed by atoms with Gasteiger partial charge in [-0.2, -0.15) is 0 Å². The molecule has 0 fully saturated rings. The molecule has 0 saturated heterocycles. The van der Waals surface area contributed by atoms with E-state index in [4.69, 9.17) is 24.4 Å². The molecule has 0 aromatic heterocycles. The van der Waals surface area contributed by atoms with Crippen LogP contribution in [0.5, 0.6) is 23.0 Å². The minimum atomic E-state index is 0.626. The second-order valence-electron chi connectivity index (χ2n) is 4.92. The smallest absolute Gasteiger partial charge is 0.161 e. The number of rotatable bonds is 7. The molecule has 5 nitrogen and oxygen atoms in total. The van der Waals surface area contributed by atoms with Crippen LogP contribution in [0.3, 0.4) is 0 Å². The van der Waals surface area contributed by atoms with Crippen LogP contribution in [0.4, 0.5) is 0 Å². The summed E-state index contributed by atoms with van der Waals surface area (Å²) in [5, 5.41) is 7.49. The molecule has 24 heavy (non-hydrogen) atoms.